The van der Waals surface area contributed by atoms with Crippen LogP contribution in [0.4, 0.5) is 4.79 Å². The van der Waals surface area contributed by atoms with Crippen LogP contribution in [0.1, 0.15) is 253 Å². The zero-order chi connectivity index (χ0) is 39.3. The SMILES string of the molecule is CCCCCCCCCCCCCCCCCCN(CCCCCCCCCCCCCCCCCC)C(=O)CC[C@H](NC(=O)OC(C)(C)C)C(=O)O. The normalized spacial score (nSPS) is 12.2. The highest BCUT2D eigenvalue weighted by Crippen LogP contribution is 2.17. The summed E-state index contributed by atoms with van der Waals surface area (Å²) in [5.41, 5.74) is -0.723. The molecule has 0 aliphatic rings. The monoisotopic (exact) mass is 751 g/mol. The summed E-state index contributed by atoms with van der Waals surface area (Å²) in [7, 11) is 0. The van der Waals surface area contributed by atoms with Crippen LogP contribution < -0.4 is 5.32 Å². The Bertz CT molecular complexity index is 806. The molecule has 0 heterocycles. The minimum absolute atomic E-state index is 0.0100. The molecule has 314 valence electrons. The van der Waals surface area contributed by atoms with Crippen LogP contribution >= 0.6 is 0 Å². The number of carbonyl (C=O) groups is 3. The summed E-state index contributed by atoms with van der Waals surface area (Å²) in [6, 6.07) is -1.15. The quantitative estimate of drug-likeness (QED) is 0.0610. The molecule has 53 heavy (non-hydrogen) atoms. The van der Waals surface area contributed by atoms with Gasteiger partial charge in [0.05, 0.1) is 0 Å². The van der Waals surface area contributed by atoms with Crippen LogP contribution in [0.15, 0.2) is 0 Å². The van der Waals surface area contributed by atoms with Gasteiger partial charge in [0, 0.05) is 19.5 Å². The van der Waals surface area contributed by atoms with E-state index in [0.29, 0.717) is 0 Å². The first kappa shape index (κ1) is 51.2. The molecule has 0 spiro atoms. The van der Waals surface area contributed by atoms with Crippen molar-refractivity contribution in [2.45, 2.75) is 265 Å². The first-order chi connectivity index (χ1) is 25.6. The number of ether oxygens (including phenoxy) is 1. The summed E-state index contributed by atoms with van der Waals surface area (Å²) in [5, 5.41) is 12.1. The molecule has 0 fully saturated rings. The highest BCUT2D eigenvalue weighted by Gasteiger charge is 2.25. The van der Waals surface area contributed by atoms with Gasteiger partial charge in [-0.15, -0.1) is 0 Å². The highest BCUT2D eigenvalue weighted by atomic mass is 16.6. The molecule has 0 radical (unpaired) electrons. The van der Waals surface area contributed by atoms with Crippen LogP contribution in [-0.4, -0.2) is 52.7 Å². The minimum atomic E-state index is -1.15. The second-order valence-electron chi connectivity index (χ2n) is 17.1. The van der Waals surface area contributed by atoms with E-state index in [4.69, 9.17) is 4.74 Å². The van der Waals surface area contributed by atoms with Crippen LogP contribution in [0.5, 0.6) is 0 Å². The summed E-state index contributed by atoms with van der Waals surface area (Å²) in [6.07, 6.45) is 41.6. The predicted octanol–water partition coefficient (Wildman–Crippen LogP) is 14.1. The Labute approximate surface area is 329 Å². The fourth-order valence-electron chi connectivity index (χ4n) is 7.20. The first-order valence-electron chi connectivity index (χ1n) is 23.1. The summed E-state index contributed by atoms with van der Waals surface area (Å²) < 4.78 is 5.24. The molecule has 0 aromatic rings. The fraction of sp³-hybridized carbons (Fsp3) is 0.935. The molecule has 0 saturated heterocycles. The average molecular weight is 751 g/mol. The van der Waals surface area contributed by atoms with Crippen LogP contribution in [0, 0.1) is 0 Å². The Balaban J connectivity index is 4.40. The van der Waals surface area contributed by atoms with Crippen molar-refractivity contribution in [2.24, 2.45) is 0 Å². The first-order valence-corrected chi connectivity index (χ1v) is 23.1. The summed E-state index contributed by atoms with van der Waals surface area (Å²) in [4.78, 5) is 39.4. The smallest absolute Gasteiger partial charge is 0.408 e. The van der Waals surface area contributed by atoms with Crippen LogP contribution in [0.2, 0.25) is 0 Å². The third-order valence-electron chi connectivity index (χ3n) is 10.6. The minimum Gasteiger partial charge on any atom is -0.480 e. The molecule has 0 aromatic carbocycles. The van der Waals surface area contributed by atoms with Gasteiger partial charge >= 0.3 is 12.1 Å². The summed E-state index contributed by atoms with van der Waals surface area (Å²) in [5.74, 6) is -1.16. The second kappa shape index (κ2) is 37.1. The van der Waals surface area contributed by atoms with Gasteiger partial charge in [-0.3, -0.25) is 4.79 Å². The molecule has 0 aliphatic heterocycles. The lowest BCUT2D eigenvalue weighted by Crippen LogP contribution is -2.44. The van der Waals surface area contributed by atoms with Crippen molar-refractivity contribution in [3.8, 4) is 0 Å². The molecule has 2 N–H and O–H groups in total. The maximum atomic E-state index is 13.4. The molecule has 7 nitrogen and oxygen atoms in total. The van der Waals surface area contributed by atoms with Crippen molar-refractivity contribution < 1.29 is 24.2 Å². The molecule has 0 rings (SSSR count). The molecule has 0 aliphatic carbocycles. The number of aliphatic carboxylic acids is 1. The van der Waals surface area contributed by atoms with Gasteiger partial charge in [0.1, 0.15) is 11.6 Å². The lowest BCUT2D eigenvalue weighted by atomic mass is 10.0. The molecule has 2 amide bonds. The largest absolute Gasteiger partial charge is 0.480 e. The Morgan fingerprint density at radius 1 is 0.509 bits per heavy atom. The number of unbranched alkanes of at least 4 members (excludes halogenated alkanes) is 30. The van der Waals surface area contributed by atoms with Gasteiger partial charge in [-0.25, -0.2) is 9.59 Å². The number of nitrogens with zero attached hydrogens (tertiary/aromatic N) is 1. The topological polar surface area (TPSA) is 95.9 Å². The fourth-order valence-corrected chi connectivity index (χ4v) is 7.20. The number of rotatable bonds is 39. The van der Waals surface area contributed by atoms with Crippen LogP contribution in [0.25, 0.3) is 0 Å². The van der Waals surface area contributed by atoms with E-state index in [9.17, 15) is 19.5 Å². The average Bonchev–Trinajstić information content (AvgIpc) is 3.11. The van der Waals surface area contributed by atoms with Crippen molar-refractivity contribution >= 4 is 18.0 Å². The van der Waals surface area contributed by atoms with E-state index in [0.717, 1.165) is 38.8 Å². The third-order valence-corrected chi connectivity index (χ3v) is 10.6. The number of carboxylic acid groups (broad SMARTS) is 1. The molecule has 0 bridgehead atoms. The Morgan fingerprint density at radius 2 is 0.792 bits per heavy atom. The van der Waals surface area contributed by atoms with E-state index in [-0.39, 0.29) is 18.7 Å². The summed E-state index contributed by atoms with van der Waals surface area (Å²) in [6.45, 7) is 11.2. The number of hydrogen-bond acceptors (Lipinski definition) is 4. The van der Waals surface area contributed by atoms with Crippen molar-refractivity contribution in [3.05, 3.63) is 0 Å². The van der Waals surface area contributed by atoms with Gasteiger partial charge in [-0.1, -0.05) is 206 Å². The molecule has 1 atom stereocenters. The van der Waals surface area contributed by atoms with Gasteiger partial charge in [-0.05, 0) is 40.0 Å². The van der Waals surface area contributed by atoms with Gasteiger partial charge < -0.3 is 20.1 Å². The lowest BCUT2D eigenvalue weighted by Gasteiger charge is -2.25. The van der Waals surface area contributed by atoms with Gasteiger partial charge in [0.25, 0.3) is 0 Å². The zero-order valence-corrected chi connectivity index (χ0v) is 36.1. The molecule has 0 aromatic heterocycles. The van der Waals surface area contributed by atoms with E-state index in [1.165, 1.54) is 180 Å². The Kier molecular flexibility index (Phi) is 35.9. The maximum Gasteiger partial charge on any atom is 0.408 e. The number of amides is 2. The van der Waals surface area contributed by atoms with Gasteiger partial charge in [0.15, 0.2) is 0 Å². The van der Waals surface area contributed by atoms with Crippen molar-refractivity contribution in [3.63, 3.8) is 0 Å². The van der Waals surface area contributed by atoms with E-state index in [1.54, 1.807) is 20.8 Å². The van der Waals surface area contributed by atoms with Crippen molar-refractivity contribution in [2.75, 3.05) is 13.1 Å². The number of carboxylic acids is 1. The Morgan fingerprint density at radius 3 is 1.06 bits per heavy atom. The lowest BCUT2D eigenvalue weighted by molar-refractivity contribution is -0.140. The molecule has 0 unspecified atom stereocenters. The number of hydrogen-bond donors (Lipinski definition) is 2. The van der Waals surface area contributed by atoms with Gasteiger partial charge in [0.2, 0.25) is 5.91 Å². The molecule has 7 heteroatoms. The highest BCUT2D eigenvalue weighted by molar-refractivity contribution is 5.81. The number of alkyl carbamates (subject to hydrolysis) is 1. The number of nitrogens with one attached hydrogen (secondary N) is 1. The maximum absolute atomic E-state index is 13.4. The second-order valence-corrected chi connectivity index (χ2v) is 17.1. The standard InChI is InChI=1S/C46H90N2O5/c1-6-8-10-12-14-16-18-20-22-24-26-28-30-32-34-36-40-48(43(49)39-38-42(44(50)51)47-45(52)53-46(3,4)5)41-37-35-33-31-29-27-25-23-21-19-17-15-13-11-9-7-2/h42H,6-41H2,1-5H3,(H,47,52)(H,50,51)/t42-/m0/s1. The number of carbonyl (C=O) groups excluding carboxylic acids is 2. The molecule has 0 saturated carbocycles. The third kappa shape index (κ3) is 36.9. The van der Waals surface area contributed by atoms with E-state index < -0.39 is 23.7 Å². The van der Waals surface area contributed by atoms with E-state index in [1.807, 2.05) is 4.90 Å². The molecular formula is C46H90N2O5. The molecular weight excluding hydrogens is 661 g/mol. The van der Waals surface area contributed by atoms with Gasteiger partial charge in [-0.2, -0.15) is 0 Å². The van der Waals surface area contributed by atoms with E-state index >= 15 is 0 Å². The van der Waals surface area contributed by atoms with Crippen molar-refractivity contribution in [1.29, 1.82) is 0 Å². The summed E-state index contributed by atoms with van der Waals surface area (Å²) >= 11 is 0. The van der Waals surface area contributed by atoms with Crippen molar-refractivity contribution in [1.82, 2.24) is 10.2 Å². The predicted molar refractivity (Wildman–Crippen MR) is 226 cm³/mol. The van der Waals surface area contributed by atoms with Crippen LogP contribution in [-0.2, 0) is 14.3 Å². The van der Waals surface area contributed by atoms with Crippen LogP contribution in [0.3, 0.4) is 0 Å². The van der Waals surface area contributed by atoms with E-state index in [2.05, 4.69) is 19.2 Å². The zero-order valence-electron chi connectivity index (χ0n) is 36.1. The Hall–Kier alpha value is -1.79.